The largest absolute Gasteiger partial charge is 0.494 e. The van der Waals surface area contributed by atoms with Crippen LogP contribution in [0.15, 0.2) is 58.7 Å². The summed E-state index contributed by atoms with van der Waals surface area (Å²) in [5, 5.41) is 8.39. The predicted molar refractivity (Wildman–Crippen MR) is 146 cm³/mol. The minimum absolute atomic E-state index is 0.518. The highest BCUT2D eigenvalue weighted by atomic mass is 16.5. The zero-order valence-corrected chi connectivity index (χ0v) is 21.7. The van der Waals surface area contributed by atoms with Crippen LogP contribution in [0, 0.1) is 0 Å². The van der Waals surface area contributed by atoms with Crippen LogP contribution in [0.2, 0.25) is 0 Å². The maximum absolute atomic E-state index is 11.3. The van der Waals surface area contributed by atoms with E-state index in [-0.39, 0.29) is 0 Å². The molecule has 10 nitrogen and oxygen atoms in total. The Balaban J connectivity index is 2.10. The van der Waals surface area contributed by atoms with Crippen LogP contribution in [0.5, 0.6) is 11.5 Å². The second-order valence-corrected chi connectivity index (χ2v) is 8.38. The molecule has 0 aliphatic rings. The number of ether oxygens (including phenoxy) is 2. The lowest BCUT2D eigenvalue weighted by Gasteiger charge is -2.11. The molecule has 6 N–H and O–H groups in total. The molecule has 10 heteroatoms. The van der Waals surface area contributed by atoms with Gasteiger partial charge in [-0.15, -0.1) is 0 Å². The van der Waals surface area contributed by atoms with Crippen molar-refractivity contribution in [2.24, 2.45) is 21.7 Å². The molecular formula is C27H38N6O4. The summed E-state index contributed by atoms with van der Waals surface area (Å²) in [5.74, 6) is 1.54. The number of unbranched alkanes of at least 4 members (excludes halogenated alkanes) is 2. The first-order chi connectivity index (χ1) is 17.9. The molecule has 0 radical (unpaired) electrons. The Morgan fingerprint density at radius 3 is 1.38 bits per heavy atom. The highest BCUT2D eigenvalue weighted by Gasteiger charge is 2.10. The van der Waals surface area contributed by atoms with E-state index in [2.05, 4.69) is 34.9 Å². The number of benzene rings is 2. The van der Waals surface area contributed by atoms with E-state index in [1.807, 2.05) is 48.5 Å². The number of nitrogens with one attached hydrogen (secondary N) is 2. The van der Waals surface area contributed by atoms with Gasteiger partial charge in [0.1, 0.15) is 11.5 Å². The van der Waals surface area contributed by atoms with Crippen LogP contribution < -0.4 is 31.8 Å². The average molecular weight is 511 g/mol. The highest BCUT2D eigenvalue weighted by Crippen LogP contribution is 2.18. The monoisotopic (exact) mass is 510 g/mol. The number of primary amides is 2. The Morgan fingerprint density at radius 1 is 0.676 bits per heavy atom. The van der Waals surface area contributed by atoms with Crippen LogP contribution in [-0.2, 0) is 0 Å². The third-order valence-corrected chi connectivity index (χ3v) is 5.34. The van der Waals surface area contributed by atoms with Gasteiger partial charge in [-0.1, -0.05) is 26.7 Å². The number of urea groups is 2. The van der Waals surface area contributed by atoms with E-state index in [0.717, 1.165) is 48.3 Å². The highest BCUT2D eigenvalue weighted by molar-refractivity contribution is 6.03. The van der Waals surface area contributed by atoms with Gasteiger partial charge < -0.3 is 20.9 Å². The maximum Gasteiger partial charge on any atom is 0.332 e. The van der Waals surface area contributed by atoms with Crippen molar-refractivity contribution in [3.63, 3.8) is 0 Å². The van der Waals surface area contributed by atoms with E-state index in [1.54, 1.807) is 0 Å². The van der Waals surface area contributed by atoms with E-state index in [1.165, 1.54) is 0 Å². The minimum Gasteiger partial charge on any atom is -0.494 e. The van der Waals surface area contributed by atoms with E-state index >= 15 is 0 Å². The number of rotatable bonds is 16. The van der Waals surface area contributed by atoms with Crippen molar-refractivity contribution in [1.29, 1.82) is 0 Å². The number of carbonyl (C=O) groups is 2. The molecule has 0 saturated carbocycles. The first-order valence-corrected chi connectivity index (χ1v) is 12.6. The Morgan fingerprint density at radius 2 is 1.05 bits per heavy atom. The molecule has 0 heterocycles. The molecule has 2 rings (SSSR count). The molecule has 0 unspecified atom stereocenters. The molecule has 37 heavy (non-hydrogen) atoms. The van der Waals surface area contributed by atoms with E-state index in [4.69, 9.17) is 20.9 Å². The van der Waals surface area contributed by atoms with Crippen molar-refractivity contribution >= 4 is 23.5 Å². The molecule has 0 spiro atoms. The van der Waals surface area contributed by atoms with Crippen molar-refractivity contribution in [3.8, 4) is 11.5 Å². The third-order valence-electron chi connectivity index (χ3n) is 5.34. The molecule has 2 aromatic rings. The SMILES string of the molecule is CCCCOc1ccc(C(CCCC(=NNC(N)=O)c2ccc(OCCCC)cc2)=NNC(N)=O)cc1. The molecule has 0 atom stereocenters. The smallest absolute Gasteiger partial charge is 0.332 e. The standard InChI is InChI=1S/C27H38N6O4/c1-3-5-18-36-22-14-10-20(11-15-22)24(30-32-26(28)34)8-7-9-25(31-33-27(29)35)21-12-16-23(17-13-21)37-19-6-4-2/h10-17H,3-9,18-19H2,1-2H3,(H3,28,32,34)(H3,29,33,35). The van der Waals surface area contributed by atoms with Gasteiger partial charge in [0.2, 0.25) is 0 Å². The summed E-state index contributed by atoms with van der Waals surface area (Å²) in [6.45, 7) is 5.54. The molecule has 0 aromatic heterocycles. The molecule has 2 aromatic carbocycles. The number of nitrogens with zero attached hydrogens (tertiary/aromatic N) is 2. The van der Waals surface area contributed by atoms with Crippen LogP contribution in [0.4, 0.5) is 9.59 Å². The number of hydrazone groups is 2. The van der Waals surface area contributed by atoms with Gasteiger partial charge in [0.05, 0.1) is 24.6 Å². The summed E-state index contributed by atoms with van der Waals surface area (Å²) in [4.78, 5) is 22.5. The summed E-state index contributed by atoms with van der Waals surface area (Å²) in [7, 11) is 0. The van der Waals surface area contributed by atoms with Gasteiger partial charge in [0.15, 0.2) is 0 Å². The Hall–Kier alpha value is -4.08. The van der Waals surface area contributed by atoms with Crippen LogP contribution in [-0.4, -0.2) is 36.7 Å². The molecule has 200 valence electrons. The number of hydrogen-bond donors (Lipinski definition) is 4. The Kier molecular flexibility index (Phi) is 13.1. The topological polar surface area (TPSA) is 153 Å². The van der Waals surface area contributed by atoms with Gasteiger partial charge in [-0.2, -0.15) is 10.2 Å². The molecule has 0 fully saturated rings. The second kappa shape index (κ2) is 16.6. The molecule has 0 aliphatic carbocycles. The van der Waals surface area contributed by atoms with Crippen molar-refractivity contribution in [1.82, 2.24) is 10.9 Å². The van der Waals surface area contributed by atoms with Crippen molar-refractivity contribution in [2.45, 2.75) is 58.8 Å². The van der Waals surface area contributed by atoms with Gasteiger partial charge in [0, 0.05) is 0 Å². The predicted octanol–water partition coefficient (Wildman–Crippen LogP) is 4.66. The van der Waals surface area contributed by atoms with Crippen molar-refractivity contribution in [2.75, 3.05) is 13.2 Å². The lowest BCUT2D eigenvalue weighted by molar-refractivity contribution is 0.248. The third kappa shape index (κ3) is 11.5. The zero-order chi connectivity index (χ0) is 26.9. The first kappa shape index (κ1) is 29.2. The van der Waals surface area contributed by atoms with Gasteiger partial charge >= 0.3 is 12.1 Å². The summed E-state index contributed by atoms with van der Waals surface area (Å²) >= 11 is 0. The second-order valence-electron chi connectivity index (χ2n) is 8.38. The van der Waals surface area contributed by atoms with Gasteiger partial charge in [-0.05, 0) is 91.8 Å². The summed E-state index contributed by atoms with van der Waals surface area (Å²) in [5.41, 5.74) is 18.1. The molecule has 0 bridgehead atoms. The van der Waals surface area contributed by atoms with Gasteiger partial charge in [-0.3, -0.25) is 0 Å². The zero-order valence-electron chi connectivity index (χ0n) is 21.7. The fraction of sp³-hybridized carbons (Fsp3) is 0.407. The minimum atomic E-state index is -0.744. The van der Waals surface area contributed by atoms with Gasteiger partial charge in [0.25, 0.3) is 0 Å². The quantitative estimate of drug-likeness (QED) is 0.147. The normalized spacial score (nSPS) is 11.6. The fourth-order valence-electron chi connectivity index (χ4n) is 3.35. The molecule has 0 aliphatic heterocycles. The average Bonchev–Trinajstić information content (AvgIpc) is 2.89. The van der Waals surface area contributed by atoms with Crippen LogP contribution in [0.3, 0.4) is 0 Å². The van der Waals surface area contributed by atoms with Crippen LogP contribution >= 0.6 is 0 Å². The maximum atomic E-state index is 11.3. The van der Waals surface area contributed by atoms with E-state index in [0.29, 0.717) is 43.9 Å². The van der Waals surface area contributed by atoms with Crippen LogP contribution in [0.1, 0.15) is 69.9 Å². The van der Waals surface area contributed by atoms with Crippen molar-refractivity contribution in [3.05, 3.63) is 59.7 Å². The molecule has 4 amide bonds. The lowest BCUT2D eigenvalue weighted by Crippen LogP contribution is -2.26. The van der Waals surface area contributed by atoms with E-state index < -0.39 is 12.1 Å². The first-order valence-electron chi connectivity index (χ1n) is 12.6. The van der Waals surface area contributed by atoms with Crippen LogP contribution in [0.25, 0.3) is 0 Å². The Bertz CT molecular complexity index is 952. The van der Waals surface area contributed by atoms with Crippen molar-refractivity contribution < 1.29 is 19.1 Å². The van der Waals surface area contributed by atoms with Gasteiger partial charge in [-0.25, -0.2) is 20.4 Å². The van der Waals surface area contributed by atoms with E-state index in [9.17, 15) is 9.59 Å². The lowest BCUT2D eigenvalue weighted by atomic mass is 10.0. The summed E-state index contributed by atoms with van der Waals surface area (Å²) < 4.78 is 11.4. The summed E-state index contributed by atoms with van der Waals surface area (Å²) in [6.07, 6.45) is 5.76. The number of amides is 4. The molecular weight excluding hydrogens is 472 g/mol. The Labute approximate surface area is 218 Å². The number of hydrogen-bond acceptors (Lipinski definition) is 6. The number of carbonyl (C=O) groups excluding carboxylic acids is 2. The summed E-state index contributed by atoms with van der Waals surface area (Å²) in [6, 6.07) is 13.6. The number of nitrogens with two attached hydrogens (primary N) is 2. The molecule has 0 saturated heterocycles. The fourth-order valence-corrected chi connectivity index (χ4v) is 3.35.